The third-order valence-corrected chi connectivity index (χ3v) is 7.55. The van der Waals surface area contributed by atoms with Crippen LogP contribution in [0, 0.1) is 16.6 Å². The van der Waals surface area contributed by atoms with Gasteiger partial charge in [0.1, 0.15) is 11.2 Å². The van der Waals surface area contributed by atoms with Crippen LogP contribution in [0.15, 0.2) is 35.5 Å². The van der Waals surface area contributed by atoms with Crippen LogP contribution in [0.5, 0.6) is 0 Å². The molecule has 2 atom stereocenters. The van der Waals surface area contributed by atoms with Gasteiger partial charge in [0.2, 0.25) is 5.91 Å². The number of nitrogens with zero attached hydrogens (tertiary/aromatic N) is 2. The fraction of sp³-hybridized carbons (Fsp3) is 0.409. The lowest BCUT2D eigenvalue weighted by Gasteiger charge is -2.36. The van der Waals surface area contributed by atoms with E-state index in [1.54, 1.807) is 0 Å². The van der Waals surface area contributed by atoms with E-state index < -0.39 is 30.0 Å². The third-order valence-electron chi connectivity index (χ3n) is 6.36. The third kappa shape index (κ3) is 4.33. The molecular formula is C22H18Cl3F4N3O2. The molecule has 2 aromatic rings. The molecule has 1 heterocycles. The van der Waals surface area contributed by atoms with E-state index in [0.29, 0.717) is 0 Å². The summed E-state index contributed by atoms with van der Waals surface area (Å²) in [4.78, 5) is 24.7. The minimum absolute atomic E-state index is 0.0447. The second-order valence-corrected chi connectivity index (χ2v) is 9.61. The van der Waals surface area contributed by atoms with Gasteiger partial charge in [-0.05, 0) is 54.3 Å². The second-order valence-electron chi connectivity index (χ2n) is 8.41. The Morgan fingerprint density at radius 2 is 1.79 bits per heavy atom. The van der Waals surface area contributed by atoms with Crippen LogP contribution in [0.1, 0.15) is 30.4 Å². The molecule has 0 radical (unpaired) electrons. The van der Waals surface area contributed by atoms with E-state index in [2.05, 4.69) is 10.5 Å². The Morgan fingerprint density at radius 1 is 1.15 bits per heavy atom. The van der Waals surface area contributed by atoms with Crippen LogP contribution in [-0.4, -0.2) is 24.8 Å². The van der Waals surface area contributed by atoms with E-state index in [-0.39, 0.29) is 56.8 Å². The maximum atomic E-state index is 14.7. The topological polar surface area (TPSA) is 61.8 Å². The summed E-state index contributed by atoms with van der Waals surface area (Å²) >= 11 is 17.9. The molecule has 4 rings (SSSR count). The molecule has 1 aliphatic carbocycles. The van der Waals surface area contributed by atoms with Gasteiger partial charge < -0.3 is 10.2 Å². The molecule has 2 aliphatic rings. The summed E-state index contributed by atoms with van der Waals surface area (Å²) in [6.45, 7) is -0.282. The van der Waals surface area contributed by atoms with Crippen LogP contribution in [0.2, 0.25) is 15.1 Å². The van der Waals surface area contributed by atoms with Crippen molar-refractivity contribution in [2.75, 3.05) is 11.4 Å². The van der Waals surface area contributed by atoms with Gasteiger partial charge in [-0.15, -0.1) is 4.91 Å². The molecule has 1 N–H and O–H groups in total. The average Bonchev–Trinajstić information content (AvgIpc) is 3.54. The van der Waals surface area contributed by atoms with Gasteiger partial charge in [-0.25, -0.2) is 4.39 Å². The summed E-state index contributed by atoms with van der Waals surface area (Å²) in [7, 11) is 0. The number of amides is 1. The van der Waals surface area contributed by atoms with Crippen molar-refractivity contribution in [3.63, 3.8) is 0 Å². The van der Waals surface area contributed by atoms with Gasteiger partial charge in [0.05, 0.1) is 15.1 Å². The lowest BCUT2D eigenvalue weighted by molar-refractivity contribution is -0.192. The van der Waals surface area contributed by atoms with E-state index in [0.717, 1.165) is 35.9 Å². The van der Waals surface area contributed by atoms with E-state index in [1.165, 1.54) is 12.1 Å². The smallest absolute Gasteiger partial charge is 0.352 e. The Morgan fingerprint density at radius 3 is 2.32 bits per heavy atom. The molecule has 34 heavy (non-hydrogen) atoms. The van der Waals surface area contributed by atoms with Crippen molar-refractivity contribution in [1.29, 1.82) is 0 Å². The van der Waals surface area contributed by atoms with Crippen LogP contribution in [-0.2, 0) is 16.8 Å². The fourth-order valence-electron chi connectivity index (χ4n) is 4.32. The monoisotopic (exact) mass is 537 g/mol. The lowest BCUT2D eigenvalue weighted by atomic mass is 9.76. The summed E-state index contributed by atoms with van der Waals surface area (Å²) in [6.07, 6.45) is -5.80. The quantitative estimate of drug-likeness (QED) is 0.256. The molecule has 0 aromatic heterocycles. The Hall–Kier alpha value is -2.10. The minimum atomic E-state index is -4.91. The molecule has 1 aliphatic heterocycles. The van der Waals surface area contributed by atoms with E-state index in [1.807, 2.05) is 0 Å². The number of anilines is 1. The molecule has 1 amide bonds. The van der Waals surface area contributed by atoms with Crippen molar-refractivity contribution >= 4 is 46.4 Å². The highest BCUT2D eigenvalue weighted by molar-refractivity contribution is 6.48. The first kappa shape index (κ1) is 25.0. The zero-order valence-corrected chi connectivity index (χ0v) is 19.7. The van der Waals surface area contributed by atoms with Gasteiger partial charge >= 0.3 is 6.18 Å². The predicted molar refractivity (Wildman–Crippen MR) is 122 cm³/mol. The van der Waals surface area contributed by atoms with Crippen LogP contribution in [0.25, 0.3) is 0 Å². The number of rotatable bonds is 6. The number of hydrogen-bond acceptors (Lipinski definition) is 4. The Kier molecular flexibility index (Phi) is 6.74. The van der Waals surface area contributed by atoms with Gasteiger partial charge in [-0.3, -0.25) is 4.79 Å². The molecule has 1 saturated carbocycles. The molecule has 2 fully saturated rings. The molecule has 0 unspecified atom stereocenters. The first-order chi connectivity index (χ1) is 16.0. The highest BCUT2D eigenvalue weighted by atomic mass is 35.5. The number of nitrogens with one attached hydrogen (secondary N) is 1. The summed E-state index contributed by atoms with van der Waals surface area (Å²) in [5.74, 6) is -0.930. The molecule has 1 saturated heterocycles. The minimum Gasteiger partial charge on any atom is -0.352 e. The predicted octanol–water partition coefficient (Wildman–Crippen LogP) is 6.62. The summed E-state index contributed by atoms with van der Waals surface area (Å²) in [5.41, 5.74) is -2.87. The fourth-order valence-corrected chi connectivity index (χ4v) is 4.92. The Bertz CT molecular complexity index is 1120. The maximum absolute atomic E-state index is 14.7. The largest absolute Gasteiger partial charge is 0.402 e. The zero-order valence-electron chi connectivity index (χ0n) is 17.4. The average molecular weight is 539 g/mol. The van der Waals surface area contributed by atoms with Crippen LogP contribution in [0.4, 0.5) is 23.2 Å². The van der Waals surface area contributed by atoms with Gasteiger partial charge in [0.25, 0.3) is 0 Å². The molecule has 5 nitrogen and oxygen atoms in total. The van der Waals surface area contributed by atoms with Crippen molar-refractivity contribution < 1.29 is 22.4 Å². The summed E-state index contributed by atoms with van der Waals surface area (Å²) < 4.78 is 58.3. The molecule has 12 heteroatoms. The number of alkyl halides is 3. The van der Waals surface area contributed by atoms with Crippen molar-refractivity contribution in [2.45, 2.75) is 43.6 Å². The highest BCUT2D eigenvalue weighted by Crippen LogP contribution is 2.54. The van der Waals surface area contributed by atoms with Crippen molar-refractivity contribution in [1.82, 2.24) is 5.32 Å². The first-order valence-corrected chi connectivity index (χ1v) is 11.5. The van der Waals surface area contributed by atoms with Crippen LogP contribution >= 0.6 is 34.8 Å². The number of nitroso groups, excluding NO2 is 1. The standard InChI is InChI=1S/C22H18Cl3F4N3O2/c23-15-7-13(8-16(24)18(15)25)21(22(27,28)29)5-6-32(20(21)31-34)14-4-3-12(17(26)9-14)10-30-19(33)11-1-2-11/h3-4,7-9,11,20H,1-2,5-6,10H2,(H,30,33)/t20-,21+/m0/s1. The van der Waals surface area contributed by atoms with Gasteiger partial charge in [0.15, 0.2) is 6.17 Å². The van der Waals surface area contributed by atoms with E-state index >= 15 is 0 Å². The lowest BCUT2D eigenvalue weighted by Crippen LogP contribution is -2.51. The normalized spacial score (nSPS) is 22.7. The van der Waals surface area contributed by atoms with Crippen LogP contribution in [0.3, 0.4) is 0 Å². The molecule has 0 spiro atoms. The number of benzene rings is 2. The summed E-state index contributed by atoms with van der Waals surface area (Å²) in [6, 6.07) is 5.84. The van der Waals surface area contributed by atoms with Crippen molar-refractivity contribution in [3.05, 3.63) is 67.3 Å². The Balaban J connectivity index is 1.67. The van der Waals surface area contributed by atoms with E-state index in [9.17, 15) is 27.3 Å². The van der Waals surface area contributed by atoms with Crippen molar-refractivity contribution in [3.8, 4) is 0 Å². The number of carbonyl (C=O) groups is 1. The Labute approximate surface area is 207 Å². The van der Waals surface area contributed by atoms with Gasteiger partial charge in [-0.1, -0.05) is 40.9 Å². The summed E-state index contributed by atoms with van der Waals surface area (Å²) in [5, 5.41) is 4.95. The van der Waals surface area contributed by atoms with Crippen LogP contribution < -0.4 is 10.2 Å². The molecule has 2 aromatic carbocycles. The SMILES string of the molecule is O=N[C@H]1N(c2ccc(CNC(=O)C3CC3)c(F)c2)CC[C@]1(c1cc(Cl)c(Cl)c(Cl)c1)C(F)(F)F. The van der Waals surface area contributed by atoms with E-state index in [4.69, 9.17) is 34.8 Å². The van der Waals surface area contributed by atoms with Gasteiger partial charge in [0, 0.05) is 30.3 Å². The highest BCUT2D eigenvalue weighted by Gasteiger charge is 2.66. The number of hydrogen-bond donors (Lipinski definition) is 1. The molecule has 0 bridgehead atoms. The number of halogens is 7. The second kappa shape index (κ2) is 9.17. The van der Waals surface area contributed by atoms with Gasteiger partial charge in [-0.2, -0.15) is 13.2 Å². The zero-order chi connectivity index (χ0) is 24.8. The van der Waals surface area contributed by atoms with Crippen molar-refractivity contribution in [2.24, 2.45) is 11.1 Å². The first-order valence-electron chi connectivity index (χ1n) is 10.4. The maximum Gasteiger partial charge on any atom is 0.402 e. The molecular weight excluding hydrogens is 521 g/mol. The number of carbonyl (C=O) groups excluding carboxylic acids is 1. The molecule has 182 valence electrons.